The number of urea groups is 1. The number of ketones is 1. The molecule has 1 aliphatic heterocycles. The summed E-state index contributed by atoms with van der Waals surface area (Å²) < 4.78 is 13.8. The third kappa shape index (κ3) is 3.70. The van der Waals surface area contributed by atoms with Gasteiger partial charge in [0.05, 0.1) is 6.54 Å². The van der Waals surface area contributed by atoms with Gasteiger partial charge in [-0.1, -0.05) is 43.2 Å². The van der Waals surface area contributed by atoms with Crippen LogP contribution < -0.4 is 0 Å². The van der Waals surface area contributed by atoms with Crippen molar-refractivity contribution in [2.24, 2.45) is 11.3 Å². The van der Waals surface area contributed by atoms with Crippen molar-refractivity contribution < 1.29 is 23.6 Å². The van der Waals surface area contributed by atoms with Crippen molar-refractivity contribution in [3.8, 4) is 0 Å². The first-order valence-electron chi connectivity index (χ1n) is 9.60. The van der Waals surface area contributed by atoms with Crippen LogP contribution in [0.4, 0.5) is 9.18 Å². The molecule has 1 aliphatic carbocycles. The normalized spacial score (nSPS) is 28.6. The first kappa shape index (κ1) is 20.2. The van der Waals surface area contributed by atoms with E-state index >= 15 is 0 Å². The first-order valence-corrected chi connectivity index (χ1v) is 9.60. The fourth-order valence-electron chi connectivity index (χ4n) is 4.28. The number of amides is 4. The largest absolute Gasteiger partial charge is 0.333 e. The first-order chi connectivity index (χ1) is 13.2. The SMILES string of the molecule is CN1C(=O)N(CC(=O)c2ccccc2)C(=O)C(C)(CC2CCCC(F)C2)C1=O. The third-order valence-corrected chi connectivity index (χ3v) is 5.82. The Balaban J connectivity index is 1.83. The minimum atomic E-state index is -1.47. The van der Waals surface area contributed by atoms with Crippen molar-refractivity contribution >= 4 is 23.6 Å². The molecule has 1 heterocycles. The molecule has 0 spiro atoms. The van der Waals surface area contributed by atoms with Gasteiger partial charge in [-0.15, -0.1) is 0 Å². The van der Waals surface area contributed by atoms with E-state index in [9.17, 15) is 23.6 Å². The van der Waals surface area contributed by atoms with Crippen molar-refractivity contribution in [1.29, 1.82) is 0 Å². The lowest BCUT2D eigenvalue weighted by molar-refractivity contribution is -0.158. The van der Waals surface area contributed by atoms with Gasteiger partial charge in [-0.2, -0.15) is 0 Å². The van der Waals surface area contributed by atoms with E-state index in [2.05, 4.69) is 0 Å². The minimum absolute atomic E-state index is 0.102. The zero-order chi connectivity index (χ0) is 20.5. The van der Waals surface area contributed by atoms with E-state index in [1.165, 1.54) is 14.0 Å². The predicted octanol–water partition coefficient (Wildman–Crippen LogP) is 3.21. The topological polar surface area (TPSA) is 74.8 Å². The summed E-state index contributed by atoms with van der Waals surface area (Å²) in [7, 11) is 1.31. The standard InChI is InChI=1S/C21H25FN2O4/c1-21(12-14-7-6-10-16(22)11-14)18(26)23(2)20(28)24(19(21)27)13-17(25)15-8-4-3-5-9-15/h3-5,8-9,14,16H,6-7,10-13H2,1-2H3. The van der Waals surface area contributed by atoms with Gasteiger partial charge in [0.25, 0.3) is 0 Å². The molecule has 3 atom stereocenters. The van der Waals surface area contributed by atoms with Gasteiger partial charge in [0.15, 0.2) is 5.78 Å². The van der Waals surface area contributed by atoms with Crippen molar-refractivity contribution in [2.45, 2.75) is 45.2 Å². The van der Waals surface area contributed by atoms with Crippen LogP contribution in [-0.2, 0) is 9.59 Å². The zero-order valence-corrected chi connectivity index (χ0v) is 16.2. The molecule has 0 N–H and O–H groups in total. The number of hydrogen-bond donors (Lipinski definition) is 0. The Bertz CT molecular complexity index is 797. The van der Waals surface area contributed by atoms with Gasteiger partial charge in [0.1, 0.15) is 11.6 Å². The zero-order valence-electron chi connectivity index (χ0n) is 16.2. The van der Waals surface area contributed by atoms with E-state index in [0.717, 1.165) is 22.6 Å². The van der Waals surface area contributed by atoms with Crippen molar-refractivity contribution in [2.75, 3.05) is 13.6 Å². The average molecular weight is 388 g/mol. The molecule has 4 amide bonds. The second kappa shape index (κ2) is 7.81. The van der Waals surface area contributed by atoms with Gasteiger partial charge in [0.2, 0.25) is 11.8 Å². The molecule has 1 saturated carbocycles. The van der Waals surface area contributed by atoms with Crippen LogP contribution in [0, 0.1) is 11.3 Å². The number of benzene rings is 1. The second-order valence-electron chi connectivity index (χ2n) is 7.99. The Morgan fingerprint density at radius 3 is 2.46 bits per heavy atom. The number of carbonyl (C=O) groups is 4. The van der Waals surface area contributed by atoms with E-state index < -0.39 is 36.0 Å². The van der Waals surface area contributed by atoms with Gasteiger partial charge in [-0.05, 0) is 32.1 Å². The van der Waals surface area contributed by atoms with E-state index in [-0.39, 0.29) is 18.1 Å². The smallest absolute Gasteiger partial charge is 0.292 e. The maximum Gasteiger partial charge on any atom is 0.333 e. The lowest BCUT2D eigenvalue weighted by Gasteiger charge is -2.42. The second-order valence-corrected chi connectivity index (χ2v) is 7.99. The Hall–Kier alpha value is -2.57. The van der Waals surface area contributed by atoms with Crippen molar-refractivity contribution in [3.05, 3.63) is 35.9 Å². The lowest BCUT2D eigenvalue weighted by Crippen LogP contribution is -2.64. The molecular weight excluding hydrogens is 363 g/mol. The van der Waals surface area contributed by atoms with Crippen LogP contribution in [0.25, 0.3) is 0 Å². The van der Waals surface area contributed by atoms with E-state index in [0.29, 0.717) is 18.4 Å². The lowest BCUT2D eigenvalue weighted by atomic mass is 9.72. The Morgan fingerprint density at radius 2 is 1.82 bits per heavy atom. The molecule has 7 heteroatoms. The number of halogens is 1. The number of rotatable bonds is 5. The quantitative estimate of drug-likeness (QED) is 0.573. The highest BCUT2D eigenvalue weighted by molar-refractivity contribution is 6.20. The molecule has 3 rings (SSSR count). The highest BCUT2D eigenvalue weighted by Crippen LogP contribution is 2.40. The maximum absolute atomic E-state index is 13.8. The molecule has 0 bridgehead atoms. The van der Waals surface area contributed by atoms with Crippen LogP contribution in [0.1, 0.15) is 49.4 Å². The Labute approximate surface area is 163 Å². The van der Waals surface area contributed by atoms with Crippen LogP contribution >= 0.6 is 0 Å². The van der Waals surface area contributed by atoms with Crippen LogP contribution in [0.3, 0.4) is 0 Å². The monoisotopic (exact) mass is 388 g/mol. The Morgan fingerprint density at radius 1 is 1.14 bits per heavy atom. The van der Waals surface area contributed by atoms with Gasteiger partial charge >= 0.3 is 6.03 Å². The number of Topliss-reactive ketones (excluding diaryl/α,β-unsaturated/α-hetero) is 1. The van der Waals surface area contributed by atoms with Crippen molar-refractivity contribution in [1.82, 2.24) is 9.80 Å². The highest BCUT2D eigenvalue weighted by Gasteiger charge is 2.54. The third-order valence-electron chi connectivity index (χ3n) is 5.82. The molecule has 1 aromatic rings. The summed E-state index contributed by atoms with van der Waals surface area (Å²) in [6, 6.07) is 7.58. The number of hydrogen-bond acceptors (Lipinski definition) is 4. The van der Waals surface area contributed by atoms with Gasteiger partial charge < -0.3 is 0 Å². The molecule has 0 radical (unpaired) electrons. The molecule has 2 aliphatic rings. The van der Waals surface area contributed by atoms with Crippen LogP contribution in [0.5, 0.6) is 0 Å². The van der Waals surface area contributed by atoms with E-state index in [1.807, 2.05) is 0 Å². The molecule has 2 fully saturated rings. The van der Waals surface area contributed by atoms with Gasteiger partial charge in [-0.3, -0.25) is 24.2 Å². The number of nitrogens with zero attached hydrogens (tertiary/aromatic N) is 2. The van der Waals surface area contributed by atoms with Gasteiger partial charge in [-0.25, -0.2) is 9.18 Å². The summed E-state index contributed by atoms with van der Waals surface area (Å²) in [4.78, 5) is 52.8. The summed E-state index contributed by atoms with van der Waals surface area (Å²) >= 11 is 0. The average Bonchev–Trinajstić information content (AvgIpc) is 2.69. The summed E-state index contributed by atoms with van der Waals surface area (Å²) in [6.45, 7) is 1.08. The number of imide groups is 2. The van der Waals surface area contributed by atoms with Crippen molar-refractivity contribution in [3.63, 3.8) is 0 Å². The molecule has 150 valence electrons. The molecule has 6 nitrogen and oxygen atoms in total. The fourth-order valence-corrected chi connectivity index (χ4v) is 4.28. The molecule has 1 saturated heterocycles. The minimum Gasteiger partial charge on any atom is -0.292 e. The number of alkyl halides is 1. The summed E-state index contributed by atoms with van der Waals surface area (Å²) in [5.74, 6) is -1.75. The Kier molecular flexibility index (Phi) is 5.63. The highest BCUT2D eigenvalue weighted by atomic mass is 19.1. The summed E-state index contributed by atoms with van der Waals surface area (Å²) in [5, 5.41) is 0. The molecule has 1 aromatic carbocycles. The number of carbonyl (C=O) groups excluding carboxylic acids is 4. The van der Waals surface area contributed by atoms with E-state index in [1.54, 1.807) is 30.3 Å². The van der Waals surface area contributed by atoms with Crippen LogP contribution in [-0.4, -0.2) is 53.2 Å². The molecular formula is C21H25FN2O4. The predicted molar refractivity (Wildman–Crippen MR) is 100 cm³/mol. The molecule has 3 unspecified atom stereocenters. The molecule has 28 heavy (non-hydrogen) atoms. The maximum atomic E-state index is 13.8. The number of barbiturate groups is 1. The fraction of sp³-hybridized carbons (Fsp3) is 0.524. The molecule has 0 aromatic heterocycles. The van der Waals surface area contributed by atoms with E-state index in [4.69, 9.17) is 0 Å². The summed E-state index contributed by atoms with van der Waals surface area (Å²) in [6.07, 6.45) is 1.54. The van der Waals surface area contributed by atoms with Crippen LogP contribution in [0.15, 0.2) is 30.3 Å². The van der Waals surface area contributed by atoms with Gasteiger partial charge in [0, 0.05) is 12.6 Å². The van der Waals surface area contributed by atoms with Crippen LogP contribution in [0.2, 0.25) is 0 Å². The summed E-state index contributed by atoms with van der Waals surface area (Å²) in [5.41, 5.74) is -1.08.